The fourth-order valence-corrected chi connectivity index (χ4v) is 3.29. The van der Waals surface area contributed by atoms with Crippen molar-refractivity contribution in [1.29, 1.82) is 0 Å². The van der Waals surface area contributed by atoms with Gasteiger partial charge in [0.1, 0.15) is 5.54 Å². The molecule has 0 aromatic heterocycles. The van der Waals surface area contributed by atoms with E-state index in [2.05, 4.69) is 28.2 Å². The van der Waals surface area contributed by atoms with Crippen LogP contribution in [0.5, 0.6) is 0 Å². The normalized spacial score (nSPS) is 27.0. The zero-order chi connectivity index (χ0) is 14.0. The Hall–Kier alpha value is -0.740. The van der Waals surface area contributed by atoms with Gasteiger partial charge in [0.15, 0.2) is 0 Å². The van der Waals surface area contributed by atoms with E-state index in [4.69, 9.17) is 17.3 Å². The summed E-state index contributed by atoms with van der Waals surface area (Å²) in [6, 6.07) is 5.56. The van der Waals surface area contributed by atoms with Crippen LogP contribution in [0.15, 0.2) is 22.7 Å². The van der Waals surface area contributed by atoms with Crippen molar-refractivity contribution in [3.8, 4) is 0 Å². The first-order valence-corrected chi connectivity index (χ1v) is 7.66. The molecule has 1 aromatic rings. The predicted octanol–water partition coefficient (Wildman–Crippen LogP) is 3.95. The number of primary amides is 1. The zero-order valence-corrected chi connectivity index (χ0v) is 13.2. The van der Waals surface area contributed by atoms with Crippen LogP contribution in [0.25, 0.3) is 0 Å². The molecule has 1 fully saturated rings. The molecular formula is C14H18BrClN2O. The summed E-state index contributed by atoms with van der Waals surface area (Å²) in [7, 11) is 0. The number of hydrogen-bond acceptors (Lipinski definition) is 2. The number of carbonyl (C=O) groups excluding carboxylic acids is 1. The summed E-state index contributed by atoms with van der Waals surface area (Å²) in [6.07, 6.45) is 3.98. The van der Waals surface area contributed by atoms with Crippen molar-refractivity contribution in [1.82, 2.24) is 0 Å². The summed E-state index contributed by atoms with van der Waals surface area (Å²) in [4.78, 5) is 12.0. The highest BCUT2D eigenvalue weighted by Gasteiger charge is 2.43. The first kappa shape index (κ1) is 14.7. The first-order chi connectivity index (χ1) is 8.95. The van der Waals surface area contributed by atoms with Crippen LogP contribution in [0.1, 0.15) is 32.6 Å². The molecule has 2 rings (SSSR count). The minimum Gasteiger partial charge on any atom is -0.371 e. The molecule has 2 atom stereocenters. The van der Waals surface area contributed by atoms with Gasteiger partial charge in [-0.15, -0.1) is 0 Å². The van der Waals surface area contributed by atoms with Crippen molar-refractivity contribution >= 4 is 39.1 Å². The summed E-state index contributed by atoms with van der Waals surface area (Å²) < 4.78 is 0.808. The van der Waals surface area contributed by atoms with E-state index in [0.29, 0.717) is 5.02 Å². The number of rotatable bonds is 3. The van der Waals surface area contributed by atoms with Gasteiger partial charge >= 0.3 is 0 Å². The number of nitrogens with one attached hydrogen (secondary N) is 1. The smallest absolute Gasteiger partial charge is 0.243 e. The molecule has 3 N–H and O–H groups in total. The minimum absolute atomic E-state index is 0.230. The van der Waals surface area contributed by atoms with Gasteiger partial charge in [-0.2, -0.15) is 0 Å². The fourth-order valence-electron chi connectivity index (χ4n) is 2.79. The number of carbonyl (C=O) groups is 1. The summed E-state index contributed by atoms with van der Waals surface area (Å²) in [5, 5.41) is 4.00. The molecular weight excluding hydrogens is 328 g/mol. The maximum atomic E-state index is 12.0. The van der Waals surface area contributed by atoms with Gasteiger partial charge in [-0.3, -0.25) is 4.79 Å². The van der Waals surface area contributed by atoms with Crippen molar-refractivity contribution in [2.75, 3.05) is 5.32 Å². The van der Waals surface area contributed by atoms with Gasteiger partial charge in [0.25, 0.3) is 0 Å². The highest BCUT2D eigenvalue weighted by atomic mass is 79.9. The Morgan fingerprint density at radius 3 is 2.84 bits per heavy atom. The lowest BCUT2D eigenvalue weighted by Gasteiger charge is -2.41. The van der Waals surface area contributed by atoms with Crippen LogP contribution in [0.4, 0.5) is 5.69 Å². The fraction of sp³-hybridized carbons (Fsp3) is 0.500. The molecule has 0 saturated heterocycles. The molecule has 3 nitrogen and oxygen atoms in total. The molecule has 2 unspecified atom stereocenters. The quantitative estimate of drug-likeness (QED) is 0.871. The van der Waals surface area contributed by atoms with Crippen molar-refractivity contribution in [3.05, 3.63) is 27.7 Å². The lowest BCUT2D eigenvalue weighted by atomic mass is 9.73. The van der Waals surface area contributed by atoms with Crippen LogP contribution in [0.3, 0.4) is 0 Å². The van der Waals surface area contributed by atoms with Gasteiger partial charge in [0, 0.05) is 10.2 Å². The largest absolute Gasteiger partial charge is 0.371 e. The molecule has 0 radical (unpaired) electrons. The molecule has 5 heteroatoms. The zero-order valence-electron chi connectivity index (χ0n) is 10.9. The number of benzene rings is 1. The Bertz CT molecular complexity index is 494. The Kier molecular flexibility index (Phi) is 4.41. The Balaban J connectivity index is 2.30. The standard InChI is InChI=1S/C14H18BrClN2O/c1-9-4-2-3-7-14(9,13(17)19)18-10-5-6-12(16)11(15)8-10/h5-6,8-9,18H,2-4,7H2,1H3,(H2,17,19). The molecule has 0 bridgehead atoms. The van der Waals surface area contributed by atoms with Gasteiger partial charge in [-0.25, -0.2) is 0 Å². The number of halogens is 2. The third-order valence-corrected chi connectivity index (χ3v) is 5.24. The third kappa shape index (κ3) is 2.90. The molecule has 1 amide bonds. The maximum Gasteiger partial charge on any atom is 0.243 e. The van der Waals surface area contributed by atoms with Crippen LogP contribution in [0.2, 0.25) is 5.02 Å². The van der Waals surface area contributed by atoms with Gasteiger partial charge in [-0.05, 0) is 52.9 Å². The van der Waals surface area contributed by atoms with Crippen molar-refractivity contribution < 1.29 is 4.79 Å². The lowest BCUT2D eigenvalue weighted by Crippen LogP contribution is -2.56. The molecule has 0 heterocycles. The second-order valence-corrected chi connectivity index (χ2v) is 6.50. The van der Waals surface area contributed by atoms with Crippen molar-refractivity contribution in [2.24, 2.45) is 11.7 Å². The summed E-state index contributed by atoms with van der Waals surface area (Å²) in [6.45, 7) is 2.09. The van der Waals surface area contributed by atoms with E-state index in [-0.39, 0.29) is 11.8 Å². The van der Waals surface area contributed by atoms with Gasteiger partial charge in [0.05, 0.1) is 5.02 Å². The molecule has 1 aliphatic carbocycles. The number of nitrogens with two attached hydrogens (primary N) is 1. The van der Waals surface area contributed by atoms with E-state index >= 15 is 0 Å². The maximum absolute atomic E-state index is 12.0. The predicted molar refractivity (Wildman–Crippen MR) is 82.3 cm³/mol. The molecule has 0 spiro atoms. The van der Waals surface area contributed by atoms with Crippen LogP contribution >= 0.6 is 27.5 Å². The van der Waals surface area contributed by atoms with E-state index in [9.17, 15) is 4.79 Å². The molecule has 1 aromatic carbocycles. The second kappa shape index (κ2) is 5.71. The average molecular weight is 346 g/mol. The summed E-state index contributed by atoms with van der Waals surface area (Å²) in [5.74, 6) is -0.0426. The molecule has 19 heavy (non-hydrogen) atoms. The van der Waals surface area contributed by atoms with E-state index in [1.807, 2.05) is 12.1 Å². The number of anilines is 1. The highest BCUT2D eigenvalue weighted by molar-refractivity contribution is 9.10. The van der Waals surface area contributed by atoms with Crippen LogP contribution in [-0.4, -0.2) is 11.4 Å². The summed E-state index contributed by atoms with van der Waals surface area (Å²) in [5.41, 5.74) is 5.89. The Labute approximate surface area is 127 Å². The molecule has 104 valence electrons. The van der Waals surface area contributed by atoms with Crippen LogP contribution in [-0.2, 0) is 4.79 Å². The monoisotopic (exact) mass is 344 g/mol. The lowest BCUT2D eigenvalue weighted by molar-refractivity contribution is -0.124. The van der Waals surface area contributed by atoms with Crippen LogP contribution < -0.4 is 11.1 Å². The van der Waals surface area contributed by atoms with E-state index < -0.39 is 5.54 Å². The molecule has 1 aliphatic rings. The number of hydrogen-bond donors (Lipinski definition) is 2. The Morgan fingerprint density at radius 2 is 2.26 bits per heavy atom. The van der Waals surface area contributed by atoms with Crippen molar-refractivity contribution in [2.45, 2.75) is 38.1 Å². The third-order valence-electron chi connectivity index (χ3n) is 4.03. The average Bonchev–Trinajstić information content (AvgIpc) is 2.36. The molecule has 0 aliphatic heterocycles. The molecule has 1 saturated carbocycles. The van der Waals surface area contributed by atoms with Crippen molar-refractivity contribution in [3.63, 3.8) is 0 Å². The van der Waals surface area contributed by atoms with Gasteiger partial charge in [-0.1, -0.05) is 31.4 Å². The topological polar surface area (TPSA) is 55.1 Å². The second-order valence-electron chi connectivity index (χ2n) is 5.24. The van der Waals surface area contributed by atoms with E-state index in [0.717, 1.165) is 35.8 Å². The number of amides is 1. The first-order valence-electron chi connectivity index (χ1n) is 6.49. The van der Waals surface area contributed by atoms with E-state index in [1.165, 1.54) is 0 Å². The summed E-state index contributed by atoms with van der Waals surface area (Å²) >= 11 is 9.38. The van der Waals surface area contributed by atoms with Crippen LogP contribution in [0, 0.1) is 5.92 Å². The van der Waals surface area contributed by atoms with Gasteiger partial charge < -0.3 is 11.1 Å². The van der Waals surface area contributed by atoms with E-state index in [1.54, 1.807) is 6.07 Å². The Morgan fingerprint density at radius 1 is 1.53 bits per heavy atom. The van der Waals surface area contributed by atoms with Gasteiger partial charge in [0.2, 0.25) is 5.91 Å². The SMILES string of the molecule is CC1CCCCC1(Nc1ccc(Cl)c(Br)c1)C(N)=O. The minimum atomic E-state index is -0.647. The highest BCUT2D eigenvalue weighted by Crippen LogP contribution is 2.37.